The molecular weight excluding hydrogens is 511 g/mol. The number of rotatable bonds is 8. The van der Waals surface area contributed by atoms with Gasteiger partial charge in [-0.25, -0.2) is 4.68 Å². The molecule has 1 aromatic heterocycles. The second kappa shape index (κ2) is 11.4. The minimum atomic E-state index is -4.79. The second-order valence-corrected chi connectivity index (χ2v) is 8.82. The van der Waals surface area contributed by atoms with E-state index in [1.807, 2.05) is 6.07 Å². The summed E-state index contributed by atoms with van der Waals surface area (Å²) in [5.74, 6) is -0.861. The number of nitrogens with zero attached hydrogens (tertiary/aromatic N) is 3. The summed E-state index contributed by atoms with van der Waals surface area (Å²) < 4.78 is 41.1. The maximum Gasteiger partial charge on any atom is 0.435 e. The average Bonchev–Trinajstić information content (AvgIpc) is 3.39. The van der Waals surface area contributed by atoms with Crippen molar-refractivity contribution >= 4 is 17.3 Å². The van der Waals surface area contributed by atoms with Crippen molar-refractivity contribution in [3.63, 3.8) is 0 Å². The minimum absolute atomic E-state index is 0.116. The van der Waals surface area contributed by atoms with Crippen molar-refractivity contribution in [3.05, 3.63) is 107 Å². The van der Waals surface area contributed by atoms with Gasteiger partial charge < -0.3 is 20.8 Å². The number of hydrogen-bond donors (Lipinski definition) is 4. The van der Waals surface area contributed by atoms with Crippen molar-refractivity contribution in [3.8, 4) is 11.8 Å². The SMILES string of the molecule is CC(O)CNc1ccc(C(O)c2cccc(NC(=O)c3cc(C(F)(F)F)nn3-c3cccc(C#N)c3)c2)cc1. The normalized spacial score (nSPS) is 12.8. The molecule has 3 aromatic carbocycles. The van der Waals surface area contributed by atoms with E-state index in [0.29, 0.717) is 23.7 Å². The molecule has 200 valence electrons. The lowest BCUT2D eigenvalue weighted by molar-refractivity contribution is -0.141. The Hall–Kier alpha value is -4.66. The lowest BCUT2D eigenvalue weighted by atomic mass is 10.0. The molecule has 0 saturated heterocycles. The number of nitriles is 1. The third kappa shape index (κ3) is 6.62. The van der Waals surface area contributed by atoms with Crippen LogP contribution in [0.5, 0.6) is 0 Å². The average molecular weight is 536 g/mol. The van der Waals surface area contributed by atoms with Crippen LogP contribution in [-0.2, 0) is 6.18 Å². The molecule has 39 heavy (non-hydrogen) atoms. The fourth-order valence-electron chi connectivity index (χ4n) is 3.81. The van der Waals surface area contributed by atoms with E-state index in [2.05, 4.69) is 15.7 Å². The van der Waals surface area contributed by atoms with Gasteiger partial charge in [0.1, 0.15) is 11.8 Å². The number of halogens is 3. The number of aliphatic hydroxyl groups excluding tert-OH is 2. The van der Waals surface area contributed by atoms with Crippen LogP contribution in [0.25, 0.3) is 5.69 Å². The van der Waals surface area contributed by atoms with Crippen LogP contribution in [-0.4, -0.2) is 38.5 Å². The summed E-state index contributed by atoms with van der Waals surface area (Å²) in [6.07, 6.45) is -6.35. The quantitative estimate of drug-likeness (QED) is 0.255. The molecule has 2 unspecified atom stereocenters. The molecule has 4 rings (SSSR count). The third-order valence-electron chi connectivity index (χ3n) is 5.74. The smallest absolute Gasteiger partial charge is 0.392 e. The molecular formula is C28H24F3N5O3. The number of anilines is 2. The first-order chi connectivity index (χ1) is 18.5. The van der Waals surface area contributed by atoms with Crippen molar-refractivity contribution in [1.82, 2.24) is 9.78 Å². The summed E-state index contributed by atoms with van der Waals surface area (Å²) in [4.78, 5) is 13.1. The van der Waals surface area contributed by atoms with Crippen LogP contribution >= 0.6 is 0 Å². The first-order valence-electron chi connectivity index (χ1n) is 11.8. The van der Waals surface area contributed by atoms with Crippen LogP contribution in [0.15, 0.2) is 78.9 Å². The molecule has 0 spiro atoms. The highest BCUT2D eigenvalue weighted by Crippen LogP contribution is 2.30. The number of aromatic nitrogens is 2. The lowest BCUT2D eigenvalue weighted by Crippen LogP contribution is -2.17. The van der Waals surface area contributed by atoms with Crippen LogP contribution in [0.3, 0.4) is 0 Å². The Morgan fingerprint density at radius 2 is 1.72 bits per heavy atom. The Labute approximate surface area is 222 Å². The van der Waals surface area contributed by atoms with Crippen molar-refractivity contribution in [2.45, 2.75) is 25.3 Å². The number of amides is 1. The van der Waals surface area contributed by atoms with E-state index in [9.17, 15) is 28.2 Å². The van der Waals surface area contributed by atoms with Crippen molar-refractivity contribution < 1.29 is 28.2 Å². The van der Waals surface area contributed by atoms with Crippen LogP contribution in [0, 0.1) is 11.3 Å². The standard InChI is InChI=1S/C28H24F3N5O3/c1-17(37)16-33-21-10-8-19(9-11-21)26(38)20-5-3-6-22(13-20)34-27(39)24-14-25(28(29,30)31)35-36(24)23-7-2-4-18(12-23)15-32/h2-14,17,26,33,37-38H,16H2,1H3,(H,34,39). The highest BCUT2D eigenvalue weighted by molar-refractivity contribution is 6.03. The molecule has 0 aliphatic heterocycles. The number of carbonyl (C=O) groups excluding carboxylic acids is 1. The lowest BCUT2D eigenvalue weighted by Gasteiger charge is -2.15. The molecule has 4 N–H and O–H groups in total. The summed E-state index contributed by atoms with van der Waals surface area (Å²) in [5.41, 5.74) is 0.702. The third-order valence-corrected chi connectivity index (χ3v) is 5.74. The number of hydrogen-bond acceptors (Lipinski definition) is 6. The van der Waals surface area contributed by atoms with Gasteiger partial charge in [-0.2, -0.15) is 23.5 Å². The predicted molar refractivity (Wildman–Crippen MR) is 138 cm³/mol. The summed E-state index contributed by atoms with van der Waals surface area (Å²) in [6, 6.07) is 21.5. The van der Waals surface area contributed by atoms with E-state index in [1.54, 1.807) is 49.4 Å². The molecule has 0 bridgehead atoms. The highest BCUT2D eigenvalue weighted by Gasteiger charge is 2.36. The molecule has 0 aliphatic rings. The van der Waals surface area contributed by atoms with E-state index >= 15 is 0 Å². The van der Waals surface area contributed by atoms with Crippen LogP contribution in [0.4, 0.5) is 24.5 Å². The molecule has 0 fully saturated rings. The van der Waals surface area contributed by atoms with Gasteiger partial charge in [0, 0.05) is 24.0 Å². The molecule has 1 amide bonds. The molecule has 0 saturated carbocycles. The van der Waals surface area contributed by atoms with Crippen molar-refractivity contribution in [1.29, 1.82) is 5.26 Å². The van der Waals surface area contributed by atoms with Gasteiger partial charge in [-0.05, 0) is 60.5 Å². The van der Waals surface area contributed by atoms with Gasteiger partial charge in [0.25, 0.3) is 5.91 Å². The maximum atomic E-state index is 13.4. The number of alkyl halides is 3. The van der Waals surface area contributed by atoms with Gasteiger partial charge in [-0.1, -0.05) is 30.3 Å². The first kappa shape index (κ1) is 27.4. The van der Waals surface area contributed by atoms with Crippen molar-refractivity contribution in [2.75, 3.05) is 17.2 Å². The zero-order valence-electron chi connectivity index (χ0n) is 20.6. The summed E-state index contributed by atoms with van der Waals surface area (Å²) in [7, 11) is 0. The molecule has 0 radical (unpaired) electrons. The highest BCUT2D eigenvalue weighted by atomic mass is 19.4. The topological polar surface area (TPSA) is 123 Å². The Balaban J connectivity index is 1.58. The van der Waals surface area contributed by atoms with Crippen LogP contribution in [0.2, 0.25) is 0 Å². The van der Waals surface area contributed by atoms with Gasteiger partial charge in [-0.3, -0.25) is 4.79 Å². The van der Waals surface area contributed by atoms with Crippen LogP contribution in [0.1, 0.15) is 45.9 Å². The summed E-state index contributed by atoms with van der Waals surface area (Å²) >= 11 is 0. The number of benzene rings is 3. The summed E-state index contributed by atoms with van der Waals surface area (Å²) in [5, 5.41) is 38.6. The molecule has 1 heterocycles. The Bertz CT molecular complexity index is 1510. The van der Waals surface area contributed by atoms with E-state index < -0.39 is 30.0 Å². The molecule has 0 aliphatic carbocycles. The largest absolute Gasteiger partial charge is 0.435 e. The number of aliphatic hydroxyl groups is 2. The zero-order chi connectivity index (χ0) is 28.2. The fourth-order valence-corrected chi connectivity index (χ4v) is 3.81. The second-order valence-electron chi connectivity index (χ2n) is 8.82. The number of nitrogens with one attached hydrogen (secondary N) is 2. The molecule has 4 aromatic rings. The Morgan fingerprint density at radius 1 is 1.00 bits per heavy atom. The predicted octanol–water partition coefficient (Wildman–Crippen LogP) is 4.89. The molecule has 11 heteroatoms. The molecule has 8 nitrogen and oxygen atoms in total. The van der Waals surface area contributed by atoms with Gasteiger partial charge >= 0.3 is 6.18 Å². The van der Waals surface area contributed by atoms with Crippen molar-refractivity contribution in [2.24, 2.45) is 0 Å². The number of carbonyl (C=O) groups is 1. The monoisotopic (exact) mass is 535 g/mol. The van der Waals surface area contributed by atoms with Gasteiger partial charge in [-0.15, -0.1) is 0 Å². The Morgan fingerprint density at radius 3 is 2.38 bits per heavy atom. The minimum Gasteiger partial charge on any atom is -0.392 e. The zero-order valence-corrected chi connectivity index (χ0v) is 20.6. The van der Waals surface area contributed by atoms with E-state index in [0.717, 1.165) is 10.4 Å². The first-order valence-corrected chi connectivity index (χ1v) is 11.8. The van der Waals surface area contributed by atoms with E-state index in [4.69, 9.17) is 5.26 Å². The Kier molecular flexibility index (Phi) is 7.99. The van der Waals surface area contributed by atoms with Gasteiger partial charge in [0.2, 0.25) is 0 Å². The van der Waals surface area contributed by atoms with Gasteiger partial charge in [0.05, 0.1) is 23.4 Å². The van der Waals surface area contributed by atoms with Crippen LogP contribution < -0.4 is 10.6 Å². The van der Waals surface area contributed by atoms with E-state index in [-0.39, 0.29) is 22.6 Å². The summed E-state index contributed by atoms with van der Waals surface area (Å²) in [6.45, 7) is 2.03. The fraction of sp³-hybridized carbons (Fsp3) is 0.179. The molecule has 2 atom stereocenters. The maximum absolute atomic E-state index is 13.4. The van der Waals surface area contributed by atoms with Gasteiger partial charge in [0.15, 0.2) is 5.69 Å². The van der Waals surface area contributed by atoms with E-state index in [1.165, 1.54) is 30.3 Å².